The molecule has 0 aromatic carbocycles. The van der Waals surface area contributed by atoms with Gasteiger partial charge in [0.25, 0.3) is 0 Å². The van der Waals surface area contributed by atoms with Crippen LogP contribution in [0.3, 0.4) is 0 Å². The summed E-state index contributed by atoms with van der Waals surface area (Å²) in [7, 11) is 0. The fourth-order valence-electron chi connectivity index (χ4n) is 3.14. The molecule has 0 radical (unpaired) electrons. The van der Waals surface area contributed by atoms with Gasteiger partial charge in [0.05, 0.1) is 18.5 Å². The van der Waals surface area contributed by atoms with E-state index in [0.29, 0.717) is 0 Å². The van der Waals surface area contributed by atoms with Gasteiger partial charge >= 0.3 is 0 Å². The Morgan fingerprint density at radius 3 is 2.96 bits per heavy atom. The lowest BCUT2D eigenvalue weighted by Gasteiger charge is -2.26. The van der Waals surface area contributed by atoms with E-state index in [1.165, 1.54) is 5.56 Å². The molecule has 124 valence electrons. The van der Waals surface area contributed by atoms with E-state index in [1.54, 1.807) is 6.20 Å². The van der Waals surface area contributed by atoms with Crippen molar-refractivity contribution in [3.8, 4) is 11.3 Å². The third-order valence-electron chi connectivity index (χ3n) is 4.57. The SMILES string of the molecule is CC(CO)N1CCCN(Cc2cn[nH]c2-c2cccnc2)CC1. The maximum Gasteiger partial charge on any atom is 0.0710 e. The molecule has 0 amide bonds. The molecule has 0 saturated carbocycles. The Kier molecular flexibility index (Phi) is 5.38. The highest BCUT2D eigenvalue weighted by Crippen LogP contribution is 2.21. The molecule has 0 aliphatic carbocycles. The van der Waals surface area contributed by atoms with Crippen LogP contribution in [0.25, 0.3) is 11.3 Å². The minimum atomic E-state index is 0.229. The molecule has 1 fully saturated rings. The summed E-state index contributed by atoms with van der Waals surface area (Å²) >= 11 is 0. The summed E-state index contributed by atoms with van der Waals surface area (Å²) in [5.41, 5.74) is 3.34. The molecule has 6 heteroatoms. The van der Waals surface area contributed by atoms with Crippen molar-refractivity contribution in [1.82, 2.24) is 25.0 Å². The van der Waals surface area contributed by atoms with Crippen LogP contribution in [0.1, 0.15) is 18.9 Å². The molecule has 1 unspecified atom stereocenters. The number of nitrogens with zero attached hydrogens (tertiary/aromatic N) is 4. The van der Waals surface area contributed by atoms with E-state index in [9.17, 15) is 5.11 Å². The number of H-pyrrole nitrogens is 1. The quantitative estimate of drug-likeness (QED) is 0.872. The third-order valence-corrected chi connectivity index (χ3v) is 4.57. The van der Waals surface area contributed by atoms with Gasteiger partial charge in [0, 0.05) is 49.2 Å². The first-order chi connectivity index (χ1) is 11.3. The molecular formula is C17H25N5O. The van der Waals surface area contributed by atoms with Crippen molar-refractivity contribution in [3.63, 3.8) is 0 Å². The van der Waals surface area contributed by atoms with Crippen LogP contribution in [0, 0.1) is 0 Å². The Balaban J connectivity index is 1.66. The molecule has 23 heavy (non-hydrogen) atoms. The molecular weight excluding hydrogens is 290 g/mol. The van der Waals surface area contributed by atoms with Crippen molar-refractivity contribution in [3.05, 3.63) is 36.3 Å². The number of hydrogen-bond donors (Lipinski definition) is 2. The molecule has 1 atom stereocenters. The zero-order valence-electron chi connectivity index (χ0n) is 13.6. The van der Waals surface area contributed by atoms with E-state index >= 15 is 0 Å². The summed E-state index contributed by atoms with van der Waals surface area (Å²) in [6, 6.07) is 4.24. The van der Waals surface area contributed by atoms with Crippen molar-refractivity contribution in [2.75, 3.05) is 32.8 Å². The molecule has 2 N–H and O–H groups in total. The second kappa shape index (κ2) is 7.68. The zero-order valence-corrected chi connectivity index (χ0v) is 13.6. The standard InChI is InChI=1S/C17H25N5O/c1-14(13-23)22-7-3-6-21(8-9-22)12-16-11-19-20-17(16)15-4-2-5-18-10-15/h2,4-5,10-11,14,23H,3,6-9,12-13H2,1H3,(H,19,20). The number of rotatable bonds is 5. The van der Waals surface area contributed by atoms with E-state index < -0.39 is 0 Å². The topological polar surface area (TPSA) is 68.3 Å². The van der Waals surface area contributed by atoms with Gasteiger partial charge in [0.1, 0.15) is 0 Å². The monoisotopic (exact) mass is 315 g/mol. The van der Waals surface area contributed by atoms with Crippen molar-refractivity contribution in [2.45, 2.75) is 25.9 Å². The van der Waals surface area contributed by atoms with E-state index in [1.807, 2.05) is 18.5 Å². The van der Waals surface area contributed by atoms with Gasteiger partial charge in [-0.05, 0) is 38.6 Å². The van der Waals surface area contributed by atoms with Gasteiger partial charge in [-0.15, -0.1) is 0 Å². The highest BCUT2D eigenvalue weighted by atomic mass is 16.3. The van der Waals surface area contributed by atoms with Crippen molar-refractivity contribution in [2.24, 2.45) is 0 Å². The van der Waals surface area contributed by atoms with Crippen LogP contribution in [-0.4, -0.2) is 68.9 Å². The molecule has 1 aliphatic rings. The second-order valence-corrected chi connectivity index (χ2v) is 6.21. The predicted molar refractivity (Wildman–Crippen MR) is 89.8 cm³/mol. The van der Waals surface area contributed by atoms with Crippen LogP contribution in [0.4, 0.5) is 0 Å². The Hall–Kier alpha value is -1.76. The average molecular weight is 315 g/mol. The molecule has 3 rings (SSSR count). The van der Waals surface area contributed by atoms with Crippen molar-refractivity contribution >= 4 is 0 Å². The number of aromatic nitrogens is 3. The van der Waals surface area contributed by atoms with Crippen LogP contribution in [-0.2, 0) is 6.54 Å². The summed E-state index contributed by atoms with van der Waals surface area (Å²) in [6.45, 7) is 7.36. The Morgan fingerprint density at radius 1 is 1.26 bits per heavy atom. The summed E-state index contributed by atoms with van der Waals surface area (Å²) in [5, 5.41) is 16.7. The van der Waals surface area contributed by atoms with Crippen molar-refractivity contribution < 1.29 is 5.11 Å². The second-order valence-electron chi connectivity index (χ2n) is 6.21. The van der Waals surface area contributed by atoms with Crippen LogP contribution >= 0.6 is 0 Å². The molecule has 1 saturated heterocycles. The van der Waals surface area contributed by atoms with Gasteiger partial charge in [-0.25, -0.2) is 0 Å². The fraction of sp³-hybridized carbons (Fsp3) is 0.529. The summed E-state index contributed by atoms with van der Waals surface area (Å²) in [6.07, 6.45) is 6.70. The van der Waals surface area contributed by atoms with E-state index in [0.717, 1.165) is 50.4 Å². The van der Waals surface area contributed by atoms with Gasteiger partial charge in [-0.2, -0.15) is 5.10 Å². The first-order valence-corrected chi connectivity index (χ1v) is 8.28. The van der Waals surface area contributed by atoms with Crippen molar-refractivity contribution in [1.29, 1.82) is 0 Å². The molecule has 1 aliphatic heterocycles. The number of aromatic amines is 1. The average Bonchev–Trinajstić information content (AvgIpc) is 2.92. The van der Waals surface area contributed by atoms with E-state index in [4.69, 9.17) is 0 Å². The molecule has 2 aromatic rings. The zero-order chi connectivity index (χ0) is 16.1. The maximum atomic E-state index is 9.34. The molecule has 6 nitrogen and oxygen atoms in total. The highest BCUT2D eigenvalue weighted by Gasteiger charge is 2.20. The Morgan fingerprint density at radius 2 is 2.17 bits per heavy atom. The van der Waals surface area contributed by atoms with Gasteiger partial charge in [-0.1, -0.05) is 0 Å². The predicted octanol–water partition coefficient (Wildman–Crippen LogP) is 1.36. The van der Waals surface area contributed by atoms with E-state index in [2.05, 4.69) is 38.0 Å². The molecule has 0 bridgehead atoms. The number of pyridine rings is 1. The first-order valence-electron chi connectivity index (χ1n) is 8.28. The third kappa shape index (κ3) is 3.96. The smallest absolute Gasteiger partial charge is 0.0710 e. The summed E-state index contributed by atoms with van der Waals surface area (Å²) in [5.74, 6) is 0. The number of nitrogens with one attached hydrogen (secondary N) is 1. The number of aliphatic hydroxyl groups is 1. The summed E-state index contributed by atoms with van der Waals surface area (Å²) < 4.78 is 0. The number of hydrogen-bond acceptors (Lipinski definition) is 5. The van der Waals surface area contributed by atoms with Gasteiger partial charge in [-0.3, -0.25) is 19.9 Å². The van der Waals surface area contributed by atoms with Crippen LogP contribution < -0.4 is 0 Å². The molecule has 2 aromatic heterocycles. The maximum absolute atomic E-state index is 9.34. The minimum absolute atomic E-state index is 0.229. The lowest BCUT2D eigenvalue weighted by molar-refractivity contribution is 0.136. The highest BCUT2D eigenvalue weighted by molar-refractivity contribution is 5.61. The Labute approximate surface area is 137 Å². The first kappa shape index (κ1) is 16.1. The van der Waals surface area contributed by atoms with Crippen LogP contribution in [0.2, 0.25) is 0 Å². The molecule has 3 heterocycles. The van der Waals surface area contributed by atoms with Crippen LogP contribution in [0.5, 0.6) is 0 Å². The van der Waals surface area contributed by atoms with E-state index in [-0.39, 0.29) is 12.6 Å². The summed E-state index contributed by atoms with van der Waals surface area (Å²) in [4.78, 5) is 9.03. The fourth-order valence-corrected chi connectivity index (χ4v) is 3.14. The normalized spacial score (nSPS) is 18.7. The van der Waals surface area contributed by atoms with Gasteiger partial charge in [0.2, 0.25) is 0 Å². The lowest BCUT2D eigenvalue weighted by atomic mass is 10.1. The number of aliphatic hydroxyl groups excluding tert-OH is 1. The lowest BCUT2D eigenvalue weighted by Crippen LogP contribution is -2.38. The molecule has 0 spiro atoms. The van der Waals surface area contributed by atoms with Gasteiger partial charge in [0.15, 0.2) is 0 Å². The minimum Gasteiger partial charge on any atom is -0.395 e. The largest absolute Gasteiger partial charge is 0.395 e. The van der Waals surface area contributed by atoms with Gasteiger partial charge < -0.3 is 5.11 Å². The van der Waals surface area contributed by atoms with Crippen LogP contribution in [0.15, 0.2) is 30.7 Å². The Bertz CT molecular complexity index is 600.